The van der Waals surface area contributed by atoms with E-state index in [0.29, 0.717) is 23.8 Å². The third kappa shape index (κ3) is 8.10. The van der Waals surface area contributed by atoms with E-state index in [0.717, 1.165) is 23.8 Å². The van der Waals surface area contributed by atoms with Crippen LogP contribution in [0.15, 0.2) is 21.3 Å². The van der Waals surface area contributed by atoms with Crippen LogP contribution in [-0.2, 0) is 16.4 Å². The first-order valence-corrected chi connectivity index (χ1v) is 11.0. The number of nitrogens with one attached hydrogen (secondary N) is 2. The predicted molar refractivity (Wildman–Crippen MR) is 122 cm³/mol. The number of hydrogen-bond donors (Lipinski definition) is 2. The highest BCUT2D eigenvalue weighted by molar-refractivity contribution is 14.0. The molecule has 0 aliphatic heterocycles. The minimum absolute atomic E-state index is 0. The number of thiophene rings is 1. The maximum Gasteiger partial charge on any atom is 0.252 e. The molecule has 1 aromatic rings. The fraction of sp³-hybridized carbons (Fsp3) is 0.706. The van der Waals surface area contributed by atoms with Crippen LogP contribution in [0.2, 0.25) is 0 Å². The van der Waals surface area contributed by atoms with Crippen LogP contribution in [0.5, 0.6) is 0 Å². The Morgan fingerprint density at radius 1 is 1.19 bits per heavy atom. The third-order valence-corrected chi connectivity index (χ3v) is 7.06. The zero-order chi connectivity index (χ0) is 19.1. The Morgan fingerprint density at radius 3 is 2.31 bits per heavy atom. The van der Waals surface area contributed by atoms with E-state index in [2.05, 4.69) is 36.4 Å². The molecule has 0 aliphatic rings. The smallest absolute Gasteiger partial charge is 0.252 e. The SMILES string of the molecule is CCNC(=NCCc1ccc(S(=O)(=O)N(CC)CC)s1)NC(C)(C)C.I. The van der Waals surface area contributed by atoms with Gasteiger partial charge in [-0.05, 0) is 39.8 Å². The van der Waals surface area contributed by atoms with Gasteiger partial charge >= 0.3 is 0 Å². The van der Waals surface area contributed by atoms with E-state index in [9.17, 15) is 8.42 Å². The van der Waals surface area contributed by atoms with Crippen molar-refractivity contribution in [2.75, 3.05) is 26.2 Å². The van der Waals surface area contributed by atoms with Gasteiger partial charge in [-0.3, -0.25) is 4.99 Å². The summed E-state index contributed by atoms with van der Waals surface area (Å²) in [6, 6.07) is 3.59. The summed E-state index contributed by atoms with van der Waals surface area (Å²) in [6.45, 7) is 14.4. The maximum atomic E-state index is 12.5. The van der Waals surface area contributed by atoms with Crippen molar-refractivity contribution >= 4 is 51.3 Å². The Balaban J connectivity index is 0.00000625. The minimum atomic E-state index is -3.36. The van der Waals surface area contributed by atoms with Gasteiger partial charge in [-0.1, -0.05) is 13.8 Å². The molecule has 1 heterocycles. The van der Waals surface area contributed by atoms with E-state index in [1.165, 1.54) is 15.6 Å². The van der Waals surface area contributed by atoms with Crippen molar-refractivity contribution in [1.29, 1.82) is 0 Å². The van der Waals surface area contributed by atoms with E-state index in [-0.39, 0.29) is 29.5 Å². The second-order valence-corrected chi connectivity index (χ2v) is 10.0. The molecular formula is C17H33IN4O2S2. The molecule has 6 nitrogen and oxygen atoms in total. The number of sulfonamides is 1. The van der Waals surface area contributed by atoms with Crippen molar-refractivity contribution in [3.8, 4) is 0 Å². The van der Waals surface area contributed by atoms with Crippen molar-refractivity contribution in [3.05, 3.63) is 17.0 Å². The second kappa shape index (κ2) is 11.5. The van der Waals surface area contributed by atoms with Crippen LogP contribution >= 0.6 is 35.3 Å². The van der Waals surface area contributed by atoms with Crippen LogP contribution in [0.25, 0.3) is 0 Å². The average molecular weight is 517 g/mol. The Hall–Kier alpha value is -0.390. The molecule has 0 saturated carbocycles. The van der Waals surface area contributed by atoms with Crippen molar-refractivity contribution in [3.63, 3.8) is 0 Å². The average Bonchev–Trinajstić information content (AvgIpc) is 2.96. The highest BCUT2D eigenvalue weighted by Gasteiger charge is 2.23. The molecule has 26 heavy (non-hydrogen) atoms. The van der Waals surface area contributed by atoms with Gasteiger partial charge in [0.25, 0.3) is 10.0 Å². The number of nitrogens with zero attached hydrogens (tertiary/aromatic N) is 2. The Labute approximate surface area is 179 Å². The summed E-state index contributed by atoms with van der Waals surface area (Å²) in [4.78, 5) is 5.60. The second-order valence-electron chi connectivity index (χ2n) is 6.70. The highest BCUT2D eigenvalue weighted by atomic mass is 127. The van der Waals surface area contributed by atoms with E-state index in [1.54, 1.807) is 6.07 Å². The number of rotatable bonds is 8. The van der Waals surface area contributed by atoms with Gasteiger partial charge in [0, 0.05) is 43.0 Å². The Morgan fingerprint density at radius 2 is 1.81 bits per heavy atom. The molecule has 0 aromatic carbocycles. The number of aliphatic imine (C=N–C) groups is 1. The lowest BCUT2D eigenvalue weighted by Crippen LogP contribution is -2.47. The number of guanidine groups is 1. The fourth-order valence-electron chi connectivity index (χ4n) is 2.26. The summed E-state index contributed by atoms with van der Waals surface area (Å²) in [5.74, 6) is 0.780. The number of halogens is 1. The van der Waals surface area contributed by atoms with Crippen LogP contribution in [0.1, 0.15) is 46.4 Å². The van der Waals surface area contributed by atoms with Crippen LogP contribution in [-0.4, -0.2) is 50.4 Å². The molecule has 0 spiro atoms. The van der Waals surface area contributed by atoms with Crippen molar-refractivity contribution < 1.29 is 8.42 Å². The van der Waals surface area contributed by atoms with Crippen molar-refractivity contribution in [2.24, 2.45) is 4.99 Å². The van der Waals surface area contributed by atoms with Gasteiger partial charge in [0.2, 0.25) is 0 Å². The summed E-state index contributed by atoms with van der Waals surface area (Å²) < 4.78 is 26.9. The lowest BCUT2D eigenvalue weighted by molar-refractivity contribution is 0.447. The molecule has 0 fully saturated rings. The molecule has 0 saturated heterocycles. The van der Waals surface area contributed by atoms with Crippen LogP contribution in [0, 0.1) is 0 Å². The normalized spacial score (nSPS) is 12.8. The van der Waals surface area contributed by atoms with Crippen LogP contribution in [0.4, 0.5) is 0 Å². The molecule has 0 atom stereocenters. The summed E-state index contributed by atoms with van der Waals surface area (Å²) >= 11 is 1.34. The first-order valence-electron chi connectivity index (χ1n) is 8.79. The first kappa shape index (κ1) is 25.6. The van der Waals surface area contributed by atoms with E-state index < -0.39 is 10.0 Å². The third-order valence-electron chi connectivity index (χ3n) is 3.40. The molecule has 152 valence electrons. The summed E-state index contributed by atoms with van der Waals surface area (Å²) in [5, 5.41) is 6.57. The molecule has 0 amide bonds. The van der Waals surface area contributed by atoms with Gasteiger partial charge < -0.3 is 10.6 Å². The monoisotopic (exact) mass is 516 g/mol. The number of hydrogen-bond acceptors (Lipinski definition) is 4. The summed E-state index contributed by atoms with van der Waals surface area (Å²) in [5.41, 5.74) is -0.0606. The lowest BCUT2D eigenvalue weighted by Gasteiger charge is -2.23. The quantitative estimate of drug-likeness (QED) is 0.316. The molecule has 0 radical (unpaired) electrons. The molecular weight excluding hydrogens is 483 g/mol. The molecule has 1 rings (SSSR count). The fourth-order valence-corrected chi connectivity index (χ4v) is 5.22. The van der Waals surface area contributed by atoms with Crippen LogP contribution in [0.3, 0.4) is 0 Å². The van der Waals surface area contributed by atoms with Crippen molar-refractivity contribution in [2.45, 2.75) is 57.7 Å². The van der Waals surface area contributed by atoms with E-state index >= 15 is 0 Å². The van der Waals surface area contributed by atoms with Gasteiger partial charge in [0.1, 0.15) is 4.21 Å². The van der Waals surface area contributed by atoms with Crippen LogP contribution < -0.4 is 10.6 Å². The van der Waals surface area contributed by atoms with E-state index in [4.69, 9.17) is 0 Å². The van der Waals surface area contributed by atoms with Gasteiger partial charge in [-0.25, -0.2) is 8.42 Å². The molecule has 2 N–H and O–H groups in total. The molecule has 1 aromatic heterocycles. The largest absolute Gasteiger partial charge is 0.357 e. The van der Waals surface area contributed by atoms with Gasteiger partial charge in [0.05, 0.1) is 0 Å². The predicted octanol–water partition coefficient (Wildman–Crippen LogP) is 3.29. The Bertz CT molecular complexity index is 663. The summed E-state index contributed by atoms with van der Waals surface area (Å²) in [6.07, 6.45) is 0.721. The summed E-state index contributed by atoms with van der Waals surface area (Å²) in [7, 11) is -3.36. The lowest BCUT2D eigenvalue weighted by atomic mass is 10.1. The Kier molecular flexibility index (Phi) is 11.3. The molecule has 9 heteroatoms. The molecule has 0 aliphatic carbocycles. The van der Waals surface area contributed by atoms with Crippen molar-refractivity contribution in [1.82, 2.24) is 14.9 Å². The standard InChI is InChI=1S/C17H32N4O2S2.HI/c1-7-18-16(20-17(4,5)6)19-13-12-14-10-11-15(24-14)25(22,23)21(8-2)9-3;/h10-11H,7-9,12-13H2,1-6H3,(H2,18,19,20);1H. The highest BCUT2D eigenvalue weighted by Crippen LogP contribution is 2.25. The minimum Gasteiger partial charge on any atom is -0.357 e. The molecule has 0 unspecified atom stereocenters. The van der Waals surface area contributed by atoms with Gasteiger partial charge in [-0.2, -0.15) is 4.31 Å². The molecule has 0 bridgehead atoms. The van der Waals surface area contributed by atoms with Gasteiger partial charge in [0.15, 0.2) is 5.96 Å². The first-order chi connectivity index (χ1) is 11.6. The van der Waals surface area contributed by atoms with Gasteiger partial charge in [-0.15, -0.1) is 35.3 Å². The maximum absolute atomic E-state index is 12.5. The zero-order valence-electron chi connectivity index (χ0n) is 16.6. The zero-order valence-corrected chi connectivity index (χ0v) is 20.6. The topological polar surface area (TPSA) is 73.8 Å². The van der Waals surface area contributed by atoms with E-state index in [1.807, 2.05) is 26.8 Å².